The van der Waals surface area contributed by atoms with E-state index in [-0.39, 0.29) is 23.6 Å². The number of hydrogen-bond acceptors (Lipinski definition) is 4. The third-order valence-corrected chi connectivity index (χ3v) is 8.21. The predicted octanol–water partition coefficient (Wildman–Crippen LogP) is 7.29. The quantitative estimate of drug-likeness (QED) is 0.121. The summed E-state index contributed by atoms with van der Waals surface area (Å²) in [6.07, 6.45) is 6.25. The normalized spacial score (nSPS) is 11.1. The average molecular weight is 649 g/mol. The number of carbonyl (C=O) groups excluding carboxylic acids is 4. The molecule has 0 aliphatic carbocycles. The first-order valence-corrected chi connectivity index (χ1v) is 17.8. The van der Waals surface area contributed by atoms with E-state index in [1.165, 1.54) is 11.1 Å². The summed E-state index contributed by atoms with van der Waals surface area (Å²) in [6, 6.07) is 8.77. The molecule has 0 aliphatic rings. The summed E-state index contributed by atoms with van der Waals surface area (Å²) < 4.78 is 0. The summed E-state index contributed by atoms with van der Waals surface area (Å²) in [5.41, 5.74) is 8.60. The molecule has 0 radical (unpaired) electrons. The second-order valence-corrected chi connectivity index (χ2v) is 13.4. The maximum absolute atomic E-state index is 12.9. The van der Waals surface area contributed by atoms with Gasteiger partial charge < -0.3 is 21.3 Å². The fraction of sp³-hybridized carbons (Fsp3) is 0.590. The minimum atomic E-state index is -0.0639. The third-order valence-electron chi connectivity index (χ3n) is 8.21. The highest BCUT2D eigenvalue weighted by molar-refractivity contribution is 5.93. The number of hydrogen-bond donors (Lipinski definition) is 4. The van der Waals surface area contributed by atoms with Gasteiger partial charge in [0, 0.05) is 50.1 Å². The Morgan fingerprint density at radius 3 is 1.09 bits per heavy atom. The van der Waals surface area contributed by atoms with Gasteiger partial charge in [-0.25, -0.2) is 0 Å². The lowest BCUT2D eigenvalue weighted by Crippen LogP contribution is -2.27. The lowest BCUT2D eigenvalue weighted by Gasteiger charge is -2.19. The number of aryl methyl sites for hydroxylation is 4. The monoisotopic (exact) mass is 648 g/mol. The maximum Gasteiger partial charge on any atom is 0.224 e. The molecular formula is C39H60N4O4. The summed E-state index contributed by atoms with van der Waals surface area (Å²) in [6.45, 7) is 17.9. The molecule has 0 atom stereocenters. The molecule has 2 rings (SSSR count). The highest BCUT2D eigenvalue weighted by atomic mass is 16.2. The van der Waals surface area contributed by atoms with Crippen LogP contribution in [0, 0.1) is 11.8 Å². The highest BCUT2D eigenvalue weighted by Gasteiger charge is 2.16. The van der Waals surface area contributed by atoms with Crippen LogP contribution in [-0.4, -0.2) is 36.7 Å². The molecular weight excluding hydrogens is 588 g/mol. The average Bonchev–Trinajstić information content (AvgIpc) is 3.03. The second kappa shape index (κ2) is 20.5. The number of nitrogens with one attached hydrogen (secondary N) is 4. The van der Waals surface area contributed by atoms with Gasteiger partial charge >= 0.3 is 0 Å². The van der Waals surface area contributed by atoms with Crippen molar-refractivity contribution in [1.82, 2.24) is 10.6 Å². The first kappa shape index (κ1) is 39.5. The molecule has 0 saturated carbocycles. The molecule has 4 amide bonds. The Hall–Kier alpha value is -3.68. The van der Waals surface area contributed by atoms with Gasteiger partial charge in [-0.2, -0.15) is 0 Å². The number of amides is 4. The van der Waals surface area contributed by atoms with Crippen LogP contribution in [0.25, 0.3) is 0 Å². The summed E-state index contributed by atoms with van der Waals surface area (Å²) in [5.74, 6) is 0.654. The lowest BCUT2D eigenvalue weighted by atomic mass is 9.92. The molecule has 0 bridgehead atoms. The number of benzene rings is 2. The lowest BCUT2D eigenvalue weighted by molar-refractivity contribution is -0.122. The molecule has 0 saturated heterocycles. The summed E-state index contributed by atoms with van der Waals surface area (Å²) in [5, 5.41) is 12.1. The van der Waals surface area contributed by atoms with E-state index >= 15 is 0 Å². The molecule has 8 nitrogen and oxygen atoms in total. The van der Waals surface area contributed by atoms with Gasteiger partial charge in [0.05, 0.1) is 0 Å². The molecule has 0 heterocycles. The van der Waals surface area contributed by atoms with Crippen LogP contribution in [0.1, 0.15) is 127 Å². The molecule has 4 N–H and O–H groups in total. The molecule has 0 aromatic heterocycles. The molecule has 8 heteroatoms. The summed E-state index contributed by atoms with van der Waals surface area (Å²) in [7, 11) is 0. The van der Waals surface area contributed by atoms with E-state index in [1.807, 2.05) is 0 Å². The van der Waals surface area contributed by atoms with Gasteiger partial charge in [-0.3, -0.25) is 19.2 Å². The molecule has 2 aromatic rings. The number of anilines is 2. The Kier molecular flexibility index (Phi) is 17.3. The standard InChI is InChI=1S/C39H60N4O4/c1-9-30-20-28(21-31(10-2)38(30)42-36(46)17-13-15-34(44)40-24-26(5)6)19-29-22-32(11-3)39(33(12-4)23-29)43-37(47)18-14-16-35(45)41-25-27(7)8/h20-23,26-27H,9-19,24-25H2,1-8H3,(H,40,44)(H,41,45)(H,42,46)(H,43,47). The molecule has 0 fully saturated rings. The van der Waals surface area contributed by atoms with E-state index in [4.69, 9.17) is 0 Å². The molecule has 260 valence electrons. The summed E-state index contributed by atoms with van der Waals surface area (Å²) >= 11 is 0. The largest absolute Gasteiger partial charge is 0.356 e. The van der Waals surface area contributed by atoms with E-state index in [0.29, 0.717) is 63.5 Å². The van der Waals surface area contributed by atoms with Crippen LogP contribution >= 0.6 is 0 Å². The molecule has 0 aliphatic heterocycles. The van der Waals surface area contributed by atoms with Crippen LogP contribution in [0.15, 0.2) is 24.3 Å². The van der Waals surface area contributed by atoms with Crippen molar-refractivity contribution in [3.8, 4) is 0 Å². The van der Waals surface area contributed by atoms with Crippen LogP contribution in [0.4, 0.5) is 11.4 Å². The Balaban J connectivity index is 2.12. The van der Waals surface area contributed by atoms with Crippen LogP contribution in [-0.2, 0) is 51.3 Å². The van der Waals surface area contributed by atoms with Crippen molar-refractivity contribution in [2.75, 3.05) is 23.7 Å². The Labute approximate surface area is 283 Å². The van der Waals surface area contributed by atoms with Gasteiger partial charge in [0.15, 0.2) is 0 Å². The zero-order valence-electron chi connectivity index (χ0n) is 30.3. The van der Waals surface area contributed by atoms with Gasteiger partial charge in [-0.1, -0.05) is 79.7 Å². The molecule has 0 spiro atoms. The minimum absolute atomic E-state index is 0.00872. The van der Waals surface area contributed by atoms with Crippen molar-refractivity contribution in [2.24, 2.45) is 11.8 Å². The van der Waals surface area contributed by atoms with E-state index in [9.17, 15) is 19.2 Å². The number of carbonyl (C=O) groups is 4. The van der Waals surface area contributed by atoms with Gasteiger partial charge in [0.1, 0.15) is 0 Å². The van der Waals surface area contributed by atoms with Crippen LogP contribution in [0.2, 0.25) is 0 Å². The van der Waals surface area contributed by atoms with Gasteiger partial charge in [-0.05, 0) is 90.2 Å². The van der Waals surface area contributed by atoms with Gasteiger partial charge in [0.25, 0.3) is 0 Å². The Morgan fingerprint density at radius 2 is 0.809 bits per heavy atom. The van der Waals surface area contributed by atoms with E-state index in [0.717, 1.165) is 65.7 Å². The Bertz CT molecular complexity index is 1200. The first-order chi connectivity index (χ1) is 22.4. The van der Waals surface area contributed by atoms with Gasteiger partial charge in [-0.15, -0.1) is 0 Å². The molecule has 47 heavy (non-hydrogen) atoms. The van der Waals surface area contributed by atoms with Crippen molar-refractivity contribution in [2.45, 2.75) is 126 Å². The smallest absolute Gasteiger partial charge is 0.224 e. The summed E-state index contributed by atoms with van der Waals surface area (Å²) in [4.78, 5) is 49.8. The molecule has 0 unspecified atom stereocenters. The van der Waals surface area contributed by atoms with E-state index < -0.39 is 0 Å². The van der Waals surface area contributed by atoms with Crippen LogP contribution in [0.3, 0.4) is 0 Å². The van der Waals surface area contributed by atoms with Crippen molar-refractivity contribution in [3.05, 3.63) is 57.6 Å². The van der Waals surface area contributed by atoms with Crippen molar-refractivity contribution in [1.29, 1.82) is 0 Å². The van der Waals surface area contributed by atoms with Crippen molar-refractivity contribution < 1.29 is 19.2 Å². The third kappa shape index (κ3) is 13.9. The predicted molar refractivity (Wildman–Crippen MR) is 194 cm³/mol. The van der Waals surface area contributed by atoms with Gasteiger partial charge in [0.2, 0.25) is 23.6 Å². The fourth-order valence-corrected chi connectivity index (χ4v) is 5.59. The second-order valence-electron chi connectivity index (χ2n) is 13.4. The SMILES string of the molecule is CCc1cc(Cc2cc(CC)c(NC(=O)CCCC(=O)NCC(C)C)c(CC)c2)cc(CC)c1NC(=O)CCCC(=O)NCC(C)C. The maximum atomic E-state index is 12.9. The first-order valence-electron chi connectivity index (χ1n) is 17.8. The van der Waals surface area contributed by atoms with Crippen molar-refractivity contribution >= 4 is 35.0 Å². The topological polar surface area (TPSA) is 116 Å². The van der Waals surface area contributed by atoms with E-state index in [1.54, 1.807) is 0 Å². The fourth-order valence-electron chi connectivity index (χ4n) is 5.59. The minimum Gasteiger partial charge on any atom is -0.356 e. The highest BCUT2D eigenvalue weighted by Crippen LogP contribution is 2.30. The van der Waals surface area contributed by atoms with E-state index in [2.05, 4.69) is 101 Å². The number of rotatable bonds is 20. The van der Waals surface area contributed by atoms with Crippen LogP contribution < -0.4 is 21.3 Å². The zero-order chi connectivity index (χ0) is 34.9. The zero-order valence-corrected chi connectivity index (χ0v) is 30.3. The van der Waals surface area contributed by atoms with Crippen molar-refractivity contribution in [3.63, 3.8) is 0 Å². The van der Waals surface area contributed by atoms with Crippen LogP contribution in [0.5, 0.6) is 0 Å². The Morgan fingerprint density at radius 1 is 0.511 bits per heavy atom. The molecule has 2 aromatic carbocycles.